The van der Waals surface area contributed by atoms with Crippen molar-refractivity contribution in [3.05, 3.63) is 83.9 Å². The number of carbonyl (C=O) groups excluding carboxylic acids is 1. The van der Waals surface area contributed by atoms with Crippen LogP contribution in [0.2, 0.25) is 0 Å². The van der Waals surface area contributed by atoms with Crippen molar-refractivity contribution in [1.29, 1.82) is 0 Å². The maximum Gasteiger partial charge on any atom is 0.243 e. The molecule has 174 valence electrons. The van der Waals surface area contributed by atoms with Gasteiger partial charge in [0.2, 0.25) is 15.9 Å². The zero-order chi connectivity index (χ0) is 24.0. The average molecular weight is 469 g/mol. The van der Waals surface area contributed by atoms with Crippen LogP contribution in [0.3, 0.4) is 0 Å². The Kier molecular flexibility index (Phi) is 7.73. The van der Waals surface area contributed by atoms with Crippen LogP contribution in [0.15, 0.2) is 77.7 Å². The van der Waals surface area contributed by atoms with Gasteiger partial charge in [0.15, 0.2) is 0 Å². The molecule has 3 aromatic rings. The topological polar surface area (TPSA) is 76.2 Å². The molecule has 0 saturated heterocycles. The smallest absolute Gasteiger partial charge is 0.243 e. The molecule has 0 aliphatic heterocycles. The fourth-order valence-electron chi connectivity index (χ4n) is 3.39. The van der Waals surface area contributed by atoms with Gasteiger partial charge in [-0.2, -0.15) is 4.31 Å². The average Bonchev–Trinajstić information content (AvgIpc) is 2.83. The summed E-state index contributed by atoms with van der Waals surface area (Å²) >= 11 is 0. The van der Waals surface area contributed by atoms with Crippen LogP contribution in [0.4, 0.5) is 5.69 Å². The predicted molar refractivity (Wildman–Crippen MR) is 128 cm³/mol. The second-order valence-corrected chi connectivity index (χ2v) is 9.48. The molecule has 0 atom stereocenters. The zero-order valence-electron chi connectivity index (χ0n) is 19.2. The van der Waals surface area contributed by atoms with Crippen LogP contribution in [-0.4, -0.2) is 46.4 Å². The van der Waals surface area contributed by atoms with Crippen LogP contribution in [-0.2, 0) is 21.4 Å². The summed E-state index contributed by atoms with van der Waals surface area (Å²) in [5.41, 5.74) is 2.08. The number of methoxy groups -OCH3 is 2. The minimum absolute atomic E-state index is 0.0614. The third-order valence-electron chi connectivity index (χ3n) is 5.33. The van der Waals surface area contributed by atoms with E-state index in [-0.39, 0.29) is 23.9 Å². The molecule has 0 saturated carbocycles. The number of carbonyl (C=O) groups is 1. The van der Waals surface area contributed by atoms with Crippen molar-refractivity contribution in [2.75, 3.05) is 32.7 Å². The number of likely N-dealkylation sites (N-methyl/N-ethyl adjacent to an activating group) is 1. The summed E-state index contributed by atoms with van der Waals surface area (Å²) in [6.07, 6.45) is 0. The third-order valence-corrected chi connectivity index (χ3v) is 7.12. The molecule has 0 radical (unpaired) electrons. The molecule has 0 heterocycles. The van der Waals surface area contributed by atoms with E-state index in [0.29, 0.717) is 22.7 Å². The summed E-state index contributed by atoms with van der Waals surface area (Å²) in [6.45, 7) is 1.52. The van der Waals surface area contributed by atoms with E-state index < -0.39 is 10.0 Å². The van der Waals surface area contributed by atoms with Crippen LogP contribution in [0.5, 0.6) is 11.5 Å². The minimum atomic E-state index is -3.96. The van der Waals surface area contributed by atoms with E-state index in [4.69, 9.17) is 9.47 Å². The van der Waals surface area contributed by atoms with Gasteiger partial charge in [-0.15, -0.1) is 0 Å². The molecule has 0 aromatic heterocycles. The van der Waals surface area contributed by atoms with Crippen LogP contribution in [0, 0.1) is 6.92 Å². The van der Waals surface area contributed by atoms with Gasteiger partial charge in [0.1, 0.15) is 11.5 Å². The van der Waals surface area contributed by atoms with Crippen LogP contribution in [0.25, 0.3) is 0 Å². The summed E-state index contributed by atoms with van der Waals surface area (Å²) in [6, 6.07) is 20.9. The van der Waals surface area contributed by atoms with Crippen molar-refractivity contribution in [3.8, 4) is 11.5 Å². The van der Waals surface area contributed by atoms with Crippen LogP contribution < -0.4 is 14.4 Å². The monoisotopic (exact) mass is 468 g/mol. The minimum Gasteiger partial charge on any atom is -0.497 e. The van der Waals surface area contributed by atoms with Crippen molar-refractivity contribution in [1.82, 2.24) is 4.31 Å². The number of rotatable bonds is 9. The number of aryl methyl sites for hydroxylation is 1. The molecule has 7 nitrogen and oxygen atoms in total. The number of amides is 1. The number of anilines is 1. The normalized spacial score (nSPS) is 11.3. The molecule has 0 bridgehead atoms. The summed E-state index contributed by atoms with van der Waals surface area (Å²) in [4.78, 5) is 14.7. The molecule has 0 N–H and O–H groups in total. The maximum absolute atomic E-state index is 13.6. The number of ether oxygens (including phenoxy) is 2. The van der Waals surface area contributed by atoms with Gasteiger partial charge < -0.3 is 14.4 Å². The molecule has 3 aromatic carbocycles. The molecule has 0 unspecified atom stereocenters. The van der Waals surface area contributed by atoms with Crippen molar-refractivity contribution in [2.45, 2.75) is 18.4 Å². The van der Waals surface area contributed by atoms with Crippen LogP contribution in [0.1, 0.15) is 11.1 Å². The highest BCUT2D eigenvalue weighted by Crippen LogP contribution is 2.26. The Labute approximate surface area is 195 Å². The van der Waals surface area contributed by atoms with Gasteiger partial charge in [0, 0.05) is 25.3 Å². The van der Waals surface area contributed by atoms with E-state index >= 15 is 0 Å². The van der Waals surface area contributed by atoms with E-state index in [2.05, 4.69) is 0 Å². The Hall–Kier alpha value is -3.36. The predicted octanol–water partition coefficient (Wildman–Crippen LogP) is 3.87. The van der Waals surface area contributed by atoms with E-state index in [1.807, 2.05) is 30.3 Å². The summed E-state index contributed by atoms with van der Waals surface area (Å²) in [5.74, 6) is 0.833. The van der Waals surface area contributed by atoms with Crippen molar-refractivity contribution in [3.63, 3.8) is 0 Å². The lowest BCUT2D eigenvalue weighted by atomic mass is 10.2. The fraction of sp³-hybridized carbons (Fsp3) is 0.240. The highest BCUT2D eigenvalue weighted by molar-refractivity contribution is 7.89. The van der Waals surface area contributed by atoms with Gasteiger partial charge in [0.25, 0.3) is 0 Å². The van der Waals surface area contributed by atoms with Crippen molar-refractivity contribution >= 4 is 21.6 Å². The van der Waals surface area contributed by atoms with Crippen molar-refractivity contribution < 1.29 is 22.7 Å². The number of nitrogens with zero attached hydrogens (tertiary/aromatic N) is 2. The molecule has 1 amide bonds. The van der Waals surface area contributed by atoms with E-state index in [1.54, 1.807) is 57.5 Å². The molecule has 0 aliphatic rings. The van der Waals surface area contributed by atoms with Gasteiger partial charge in [-0.3, -0.25) is 4.79 Å². The molecule has 3 rings (SSSR count). The van der Waals surface area contributed by atoms with E-state index in [9.17, 15) is 13.2 Å². The summed E-state index contributed by atoms with van der Waals surface area (Å²) < 4.78 is 38.8. The highest BCUT2D eigenvalue weighted by Gasteiger charge is 2.29. The summed E-state index contributed by atoms with van der Waals surface area (Å²) in [5, 5.41) is 0. The van der Waals surface area contributed by atoms with E-state index in [1.165, 1.54) is 22.4 Å². The molecular formula is C25H28N2O5S. The van der Waals surface area contributed by atoms with Gasteiger partial charge in [-0.1, -0.05) is 36.4 Å². The first-order valence-corrected chi connectivity index (χ1v) is 11.8. The number of hydrogen-bond donors (Lipinski definition) is 0. The molecule has 33 heavy (non-hydrogen) atoms. The first-order chi connectivity index (χ1) is 15.8. The van der Waals surface area contributed by atoms with Gasteiger partial charge in [-0.05, 0) is 48.4 Å². The molecule has 0 aliphatic carbocycles. The maximum atomic E-state index is 13.6. The SMILES string of the molecule is COc1cccc(N(C)C(=O)CN(Cc2ccccc2)S(=O)(=O)c2ccc(OC)c(C)c2)c1. The quantitative estimate of drug-likeness (QED) is 0.477. The lowest BCUT2D eigenvalue weighted by molar-refractivity contribution is -0.118. The van der Waals surface area contributed by atoms with Crippen LogP contribution >= 0.6 is 0 Å². The lowest BCUT2D eigenvalue weighted by Crippen LogP contribution is -2.41. The summed E-state index contributed by atoms with van der Waals surface area (Å²) in [7, 11) is 0.729. The Balaban J connectivity index is 1.93. The Morgan fingerprint density at radius 3 is 2.27 bits per heavy atom. The number of benzene rings is 3. The highest BCUT2D eigenvalue weighted by atomic mass is 32.2. The van der Waals surface area contributed by atoms with Gasteiger partial charge >= 0.3 is 0 Å². The first kappa shape index (κ1) is 24.3. The molecule has 0 spiro atoms. The molecular weight excluding hydrogens is 440 g/mol. The first-order valence-electron chi connectivity index (χ1n) is 10.4. The van der Waals surface area contributed by atoms with Crippen molar-refractivity contribution in [2.24, 2.45) is 0 Å². The standard InChI is InChI=1S/C25H28N2O5S/c1-19-15-23(13-14-24(19)32-4)33(29,30)27(17-20-9-6-5-7-10-20)18-25(28)26(2)21-11-8-12-22(16-21)31-3/h5-16H,17-18H2,1-4H3. The second-order valence-electron chi connectivity index (χ2n) is 7.54. The number of hydrogen-bond acceptors (Lipinski definition) is 5. The Bertz CT molecular complexity index is 1210. The molecule has 8 heteroatoms. The number of sulfonamides is 1. The Morgan fingerprint density at radius 1 is 0.909 bits per heavy atom. The largest absolute Gasteiger partial charge is 0.497 e. The second kappa shape index (κ2) is 10.5. The third kappa shape index (κ3) is 5.71. The zero-order valence-corrected chi connectivity index (χ0v) is 20.0. The van der Waals surface area contributed by atoms with Gasteiger partial charge in [0.05, 0.1) is 25.7 Å². The molecule has 0 fully saturated rings. The van der Waals surface area contributed by atoms with E-state index in [0.717, 1.165) is 5.56 Å². The van der Waals surface area contributed by atoms with Gasteiger partial charge in [-0.25, -0.2) is 8.42 Å². The fourth-order valence-corrected chi connectivity index (χ4v) is 4.86. The lowest BCUT2D eigenvalue weighted by Gasteiger charge is -2.25. The Morgan fingerprint density at radius 2 is 1.64 bits per heavy atom.